The standard InChI is InChI=1S/C21H27BrN2O4S/c1-16-4-3-5-17(2)21(16)28-15-19(25)14-23-10-12-24(13-11-23)29(26,27)20-8-6-18(22)7-9-20/h3-9,19,25H,10-15H2,1-2H3/t19-/m1/s1. The topological polar surface area (TPSA) is 70.1 Å². The van der Waals surface area contributed by atoms with Crippen molar-refractivity contribution in [3.8, 4) is 5.75 Å². The first kappa shape index (κ1) is 22.2. The van der Waals surface area contributed by atoms with Crippen LogP contribution in [0.2, 0.25) is 0 Å². The van der Waals surface area contributed by atoms with E-state index in [1.807, 2.05) is 32.0 Å². The maximum Gasteiger partial charge on any atom is 0.243 e. The second kappa shape index (κ2) is 9.57. The van der Waals surface area contributed by atoms with Crippen molar-refractivity contribution in [2.45, 2.75) is 24.8 Å². The van der Waals surface area contributed by atoms with E-state index in [2.05, 4.69) is 20.8 Å². The van der Waals surface area contributed by atoms with Crippen molar-refractivity contribution in [1.29, 1.82) is 0 Å². The van der Waals surface area contributed by atoms with E-state index >= 15 is 0 Å². The second-order valence-corrected chi connectivity index (χ2v) is 10.2. The Morgan fingerprint density at radius 1 is 1.03 bits per heavy atom. The Bertz CT molecular complexity index is 906. The van der Waals surface area contributed by atoms with Crippen LogP contribution in [0.1, 0.15) is 11.1 Å². The summed E-state index contributed by atoms with van der Waals surface area (Å²) >= 11 is 3.33. The lowest BCUT2D eigenvalue weighted by molar-refractivity contribution is 0.0565. The molecule has 1 aliphatic rings. The molecule has 158 valence electrons. The smallest absolute Gasteiger partial charge is 0.243 e. The number of rotatable bonds is 7. The third-order valence-corrected chi connectivity index (χ3v) is 7.52. The fourth-order valence-electron chi connectivity index (χ4n) is 3.47. The van der Waals surface area contributed by atoms with E-state index in [9.17, 15) is 13.5 Å². The molecule has 2 aromatic rings. The van der Waals surface area contributed by atoms with Crippen LogP contribution in [0, 0.1) is 13.8 Å². The summed E-state index contributed by atoms with van der Waals surface area (Å²) in [6.45, 7) is 6.61. The van der Waals surface area contributed by atoms with Crippen molar-refractivity contribution >= 4 is 26.0 Å². The molecule has 0 amide bonds. The number of benzene rings is 2. The van der Waals surface area contributed by atoms with E-state index in [-0.39, 0.29) is 6.61 Å². The summed E-state index contributed by atoms with van der Waals surface area (Å²) in [5.41, 5.74) is 2.09. The maximum absolute atomic E-state index is 12.8. The highest BCUT2D eigenvalue weighted by Crippen LogP contribution is 2.23. The van der Waals surface area contributed by atoms with Gasteiger partial charge in [-0.05, 0) is 49.2 Å². The van der Waals surface area contributed by atoms with Crippen molar-refractivity contribution in [2.24, 2.45) is 0 Å². The number of aliphatic hydroxyl groups is 1. The third-order valence-electron chi connectivity index (χ3n) is 5.08. The molecule has 0 aromatic heterocycles. The first-order valence-electron chi connectivity index (χ1n) is 9.62. The van der Waals surface area contributed by atoms with E-state index < -0.39 is 16.1 Å². The Morgan fingerprint density at radius 3 is 2.21 bits per heavy atom. The van der Waals surface area contributed by atoms with Gasteiger partial charge in [-0.15, -0.1) is 0 Å². The molecule has 0 saturated carbocycles. The fraction of sp³-hybridized carbons (Fsp3) is 0.429. The molecule has 8 heteroatoms. The molecule has 1 N–H and O–H groups in total. The van der Waals surface area contributed by atoms with E-state index in [4.69, 9.17) is 4.74 Å². The molecule has 0 unspecified atom stereocenters. The number of ether oxygens (including phenoxy) is 1. The van der Waals surface area contributed by atoms with Crippen molar-refractivity contribution in [3.05, 3.63) is 58.1 Å². The van der Waals surface area contributed by atoms with Crippen LogP contribution in [0.4, 0.5) is 0 Å². The van der Waals surface area contributed by atoms with Crippen LogP contribution in [-0.2, 0) is 10.0 Å². The first-order valence-corrected chi connectivity index (χ1v) is 11.9. The minimum atomic E-state index is -3.49. The van der Waals surface area contributed by atoms with E-state index in [0.717, 1.165) is 21.3 Å². The van der Waals surface area contributed by atoms with Gasteiger partial charge in [-0.25, -0.2) is 8.42 Å². The van der Waals surface area contributed by atoms with Gasteiger partial charge < -0.3 is 9.84 Å². The zero-order valence-electron chi connectivity index (χ0n) is 16.7. The number of para-hydroxylation sites is 1. The van der Waals surface area contributed by atoms with E-state index in [0.29, 0.717) is 37.6 Å². The van der Waals surface area contributed by atoms with Gasteiger partial charge in [-0.1, -0.05) is 34.1 Å². The number of piperazine rings is 1. The second-order valence-electron chi connectivity index (χ2n) is 7.34. The molecule has 3 rings (SSSR count). The van der Waals surface area contributed by atoms with Gasteiger partial charge >= 0.3 is 0 Å². The van der Waals surface area contributed by atoms with Crippen LogP contribution < -0.4 is 4.74 Å². The molecular formula is C21H27BrN2O4S. The van der Waals surface area contributed by atoms with Crippen LogP contribution in [0.3, 0.4) is 0 Å². The fourth-order valence-corrected chi connectivity index (χ4v) is 5.15. The van der Waals surface area contributed by atoms with E-state index in [1.54, 1.807) is 24.3 Å². The molecule has 1 heterocycles. The van der Waals surface area contributed by atoms with Crippen molar-refractivity contribution in [3.63, 3.8) is 0 Å². The Morgan fingerprint density at radius 2 is 1.62 bits per heavy atom. The third kappa shape index (κ3) is 5.58. The van der Waals surface area contributed by atoms with Crippen LogP contribution >= 0.6 is 15.9 Å². The molecule has 1 aliphatic heterocycles. The van der Waals surface area contributed by atoms with Gasteiger partial charge in [0.2, 0.25) is 10.0 Å². The molecule has 1 atom stereocenters. The van der Waals surface area contributed by atoms with Gasteiger partial charge in [0, 0.05) is 37.2 Å². The number of hydrogen-bond acceptors (Lipinski definition) is 5. The summed E-state index contributed by atoms with van der Waals surface area (Å²) in [5.74, 6) is 0.817. The largest absolute Gasteiger partial charge is 0.490 e. The first-order chi connectivity index (χ1) is 13.8. The molecular weight excluding hydrogens is 456 g/mol. The maximum atomic E-state index is 12.8. The molecule has 2 aromatic carbocycles. The summed E-state index contributed by atoms with van der Waals surface area (Å²) in [7, 11) is -3.49. The molecule has 0 aliphatic carbocycles. The number of β-amino-alcohol motifs (C(OH)–C–C–N with tert-alkyl or cyclic N) is 1. The summed E-state index contributed by atoms with van der Waals surface area (Å²) in [6.07, 6.45) is -0.636. The Labute approximate surface area is 181 Å². The normalized spacial score (nSPS) is 17.2. The summed E-state index contributed by atoms with van der Waals surface area (Å²) in [6, 6.07) is 12.6. The molecule has 1 fully saturated rings. The predicted octanol–water partition coefficient (Wildman–Crippen LogP) is 2.81. The van der Waals surface area contributed by atoms with Gasteiger partial charge in [0.25, 0.3) is 0 Å². The van der Waals surface area contributed by atoms with Gasteiger partial charge in [-0.2, -0.15) is 4.31 Å². The molecule has 1 saturated heterocycles. The zero-order chi connectivity index (χ0) is 21.0. The minimum Gasteiger partial charge on any atom is -0.490 e. The number of aryl methyl sites for hydroxylation is 2. The highest BCUT2D eigenvalue weighted by Gasteiger charge is 2.29. The quantitative estimate of drug-likeness (QED) is 0.656. The lowest BCUT2D eigenvalue weighted by Crippen LogP contribution is -2.50. The number of sulfonamides is 1. The number of hydrogen-bond donors (Lipinski definition) is 1. The molecule has 29 heavy (non-hydrogen) atoms. The molecule has 0 spiro atoms. The van der Waals surface area contributed by atoms with Crippen LogP contribution in [0.5, 0.6) is 5.75 Å². The Hall–Kier alpha value is -1.45. The van der Waals surface area contributed by atoms with Crippen molar-refractivity contribution in [2.75, 3.05) is 39.3 Å². The monoisotopic (exact) mass is 482 g/mol. The minimum absolute atomic E-state index is 0.211. The average molecular weight is 483 g/mol. The predicted molar refractivity (Wildman–Crippen MR) is 117 cm³/mol. The number of aliphatic hydroxyl groups excluding tert-OH is 1. The van der Waals surface area contributed by atoms with Gasteiger partial charge in [0.05, 0.1) is 4.90 Å². The molecule has 6 nitrogen and oxygen atoms in total. The van der Waals surface area contributed by atoms with Gasteiger partial charge in [0.15, 0.2) is 0 Å². The molecule has 0 radical (unpaired) electrons. The Kier molecular flexibility index (Phi) is 7.34. The van der Waals surface area contributed by atoms with Crippen molar-refractivity contribution < 1.29 is 18.3 Å². The van der Waals surface area contributed by atoms with Crippen LogP contribution in [0.15, 0.2) is 51.8 Å². The summed E-state index contributed by atoms with van der Waals surface area (Å²) in [4.78, 5) is 2.38. The van der Waals surface area contributed by atoms with Crippen LogP contribution in [0.25, 0.3) is 0 Å². The van der Waals surface area contributed by atoms with Gasteiger partial charge in [0.1, 0.15) is 18.5 Å². The summed E-state index contributed by atoms with van der Waals surface area (Å²) in [5, 5.41) is 10.4. The van der Waals surface area contributed by atoms with E-state index in [1.165, 1.54) is 4.31 Å². The van der Waals surface area contributed by atoms with Crippen molar-refractivity contribution in [1.82, 2.24) is 9.21 Å². The summed E-state index contributed by atoms with van der Waals surface area (Å²) < 4.78 is 33.7. The lowest BCUT2D eigenvalue weighted by Gasteiger charge is -2.34. The number of halogens is 1. The average Bonchev–Trinajstić information content (AvgIpc) is 2.68. The Balaban J connectivity index is 1.50. The lowest BCUT2D eigenvalue weighted by atomic mass is 10.1. The SMILES string of the molecule is Cc1cccc(C)c1OC[C@H](O)CN1CCN(S(=O)(=O)c2ccc(Br)cc2)CC1. The zero-order valence-corrected chi connectivity index (χ0v) is 19.1. The number of nitrogens with zero attached hydrogens (tertiary/aromatic N) is 2. The van der Waals surface area contributed by atoms with Gasteiger partial charge in [-0.3, -0.25) is 4.90 Å². The van der Waals surface area contributed by atoms with Crippen LogP contribution in [-0.4, -0.2) is 68.2 Å². The highest BCUT2D eigenvalue weighted by molar-refractivity contribution is 9.10. The highest BCUT2D eigenvalue weighted by atomic mass is 79.9. The molecule has 0 bridgehead atoms.